The van der Waals surface area contributed by atoms with Crippen molar-refractivity contribution >= 4 is 11.6 Å². The van der Waals surface area contributed by atoms with Crippen LogP contribution in [0.2, 0.25) is 0 Å². The normalized spacial score (nSPS) is 19.2. The number of piperidine rings is 1. The van der Waals surface area contributed by atoms with Gasteiger partial charge in [0, 0.05) is 26.2 Å². The quantitative estimate of drug-likeness (QED) is 0.818. The van der Waals surface area contributed by atoms with Gasteiger partial charge in [0.15, 0.2) is 0 Å². The largest absolute Gasteiger partial charge is 0.370 e. The van der Waals surface area contributed by atoms with E-state index in [0.29, 0.717) is 0 Å². The smallest absolute Gasteiger partial charge is 0.133 e. The van der Waals surface area contributed by atoms with Crippen molar-refractivity contribution in [3.63, 3.8) is 0 Å². The standard InChI is InChI=1S/C14H25N5/c1-3-6-16-13-8-14(18-11-17-13)19(2)10-12-5-4-7-15-9-12/h8,11-12,15H,3-7,9-10H2,1-2H3,(H,16,17,18). The van der Waals surface area contributed by atoms with E-state index in [1.807, 2.05) is 6.07 Å². The van der Waals surface area contributed by atoms with Crippen LogP contribution >= 0.6 is 0 Å². The van der Waals surface area contributed by atoms with Crippen LogP contribution in [-0.2, 0) is 0 Å². The van der Waals surface area contributed by atoms with Crippen molar-refractivity contribution in [1.82, 2.24) is 15.3 Å². The second-order valence-corrected chi connectivity index (χ2v) is 5.28. The number of nitrogens with one attached hydrogen (secondary N) is 2. The van der Waals surface area contributed by atoms with Crippen molar-refractivity contribution in [3.05, 3.63) is 12.4 Å². The summed E-state index contributed by atoms with van der Waals surface area (Å²) in [5.41, 5.74) is 0. The van der Waals surface area contributed by atoms with E-state index in [4.69, 9.17) is 0 Å². The van der Waals surface area contributed by atoms with Crippen LogP contribution in [0.15, 0.2) is 12.4 Å². The molecule has 0 amide bonds. The molecule has 5 heteroatoms. The molecule has 1 atom stereocenters. The maximum absolute atomic E-state index is 4.37. The molecule has 1 aromatic rings. The molecule has 2 heterocycles. The molecule has 0 aliphatic carbocycles. The third-order valence-electron chi connectivity index (χ3n) is 3.53. The van der Waals surface area contributed by atoms with Gasteiger partial charge >= 0.3 is 0 Å². The molecule has 5 nitrogen and oxygen atoms in total. The minimum absolute atomic E-state index is 0.723. The zero-order valence-electron chi connectivity index (χ0n) is 12.0. The Morgan fingerprint density at radius 3 is 3.11 bits per heavy atom. The van der Waals surface area contributed by atoms with Crippen LogP contribution < -0.4 is 15.5 Å². The Balaban J connectivity index is 1.91. The minimum Gasteiger partial charge on any atom is -0.370 e. The van der Waals surface area contributed by atoms with Gasteiger partial charge in [-0.15, -0.1) is 0 Å². The summed E-state index contributed by atoms with van der Waals surface area (Å²) < 4.78 is 0. The molecule has 1 saturated heterocycles. The first-order valence-corrected chi connectivity index (χ1v) is 7.27. The zero-order valence-corrected chi connectivity index (χ0v) is 12.0. The molecule has 1 fully saturated rings. The van der Waals surface area contributed by atoms with E-state index < -0.39 is 0 Å². The first kappa shape index (κ1) is 14.1. The first-order valence-electron chi connectivity index (χ1n) is 7.27. The Bertz CT molecular complexity index is 376. The Labute approximate surface area is 115 Å². The summed E-state index contributed by atoms with van der Waals surface area (Å²) in [4.78, 5) is 10.8. The number of nitrogens with zero attached hydrogens (tertiary/aromatic N) is 3. The van der Waals surface area contributed by atoms with Crippen molar-refractivity contribution in [1.29, 1.82) is 0 Å². The van der Waals surface area contributed by atoms with Gasteiger partial charge < -0.3 is 15.5 Å². The van der Waals surface area contributed by atoms with Crippen LogP contribution in [0.5, 0.6) is 0 Å². The molecule has 0 bridgehead atoms. The van der Waals surface area contributed by atoms with Crippen LogP contribution in [0.4, 0.5) is 11.6 Å². The van der Waals surface area contributed by atoms with Crippen molar-refractivity contribution in [2.75, 3.05) is 43.4 Å². The Morgan fingerprint density at radius 2 is 2.37 bits per heavy atom. The predicted molar refractivity (Wildman–Crippen MR) is 79.7 cm³/mol. The Morgan fingerprint density at radius 1 is 1.47 bits per heavy atom. The summed E-state index contributed by atoms with van der Waals surface area (Å²) in [7, 11) is 2.11. The lowest BCUT2D eigenvalue weighted by atomic mass is 9.99. The van der Waals surface area contributed by atoms with E-state index in [-0.39, 0.29) is 0 Å². The molecular formula is C14H25N5. The minimum atomic E-state index is 0.723. The van der Waals surface area contributed by atoms with Gasteiger partial charge in [0.05, 0.1) is 0 Å². The third kappa shape index (κ3) is 4.35. The zero-order chi connectivity index (χ0) is 13.5. The molecule has 2 N–H and O–H groups in total. The fraction of sp³-hybridized carbons (Fsp3) is 0.714. The van der Waals surface area contributed by atoms with Gasteiger partial charge in [-0.2, -0.15) is 0 Å². The number of anilines is 2. The summed E-state index contributed by atoms with van der Waals surface area (Å²) >= 11 is 0. The number of hydrogen-bond acceptors (Lipinski definition) is 5. The van der Waals surface area contributed by atoms with Crippen LogP contribution in [0.1, 0.15) is 26.2 Å². The molecular weight excluding hydrogens is 238 g/mol. The van der Waals surface area contributed by atoms with Gasteiger partial charge in [0.2, 0.25) is 0 Å². The second-order valence-electron chi connectivity index (χ2n) is 5.28. The first-order chi connectivity index (χ1) is 9.29. The summed E-state index contributed by atoms with van der Waals surface area (Å²) in [5.74, 6) is 2.64. The Hall–Kier alpha value is -1.36. The fourth-order valence-corrected chi connectivity index (χ4v) is 2.47. The SMILES string of the molecule is CCCNc1cc(N(C)CC2CCCNC2)ncn1. The van der Waals surface area contributed by atoms with E-state index in [2.05, 4.69) is 39.5 Å². The summed E-state index contributed by atoms with van der Waals surface area (Å²) in [6.45, 7) is 6.44. The van der Waals surface area contributed by atoms with E-state index in [9.17, 15) is 0 Å². The van der Waals surface area contributed by atoms with Gasteiger partial charge in [-0.05, 0) is 38.3 Å². The van der Waals surface area contributed by atoms with Gasteiger partial charge in [0.25, 0.3) is 0 Å². The lowest BCUT2D eigenvalue weighted by Crippen LogP contribution is -2.37. The molecule has 2 rings (SSSR count). The van der Waals surface area contributed by atoms with Gasteiger partial charge in [-0.3, -0.25) is 0 Å². The molecule has 1 aliphatic rings. The molecule has 0 saturated carbocycles. The van der Waals surface area contributed by atoms with Crippen LogP contribution in [0.3, 0.4) is 0 Å². The molecule has 0 aromatic carbocycles. The Kier molecular flexibility index (Phi) is 5.39. The highest BCUT2D eigenvalue weighted by Gasteiger charge is 2.16. The topological polar surface area (TPSA) is 53.1 Å². The second kappa shape index (κ2) is 7.28. The third-order valence-corrected chi connectivity index (χ3v) is 3.53. The van der Waals surface area contributed by atoms with Crippen LogP contribution in [-0.4, -0.2) is 43.2 Å². The molecule has 1 aromatic heterocycles. The lowest BCUT2D eigenvalue weighted by Gasteiger charge is -2.28. The van der Waals surface area contributed by atoms with Crippen LogP contribution in [0.25, 0.3) is 0 Å². The molecule has 0 spiro atoms. The van der Waals surface area contributed by atoms with Gasteiger partial charge in [-0.25, -0.2) is 9.97 Å². The van der Waals surface area contributed by atoms with E-state index >= 15 is 0 Å². The monoisotopic (exact) mass is 263 g/mol. The summed E-state index contributed by atoms with van der Waals surface area (Å²) in [6.07, 6.45) is 5.33. The van der Waals surface area contributed by atoms with Crippen LogP contribution in [0, 0.1) is 5.92 Å². The summed E-state index contributed by atoms with van der Waals surface area (Å²) in [5, 5.41) is 6.76. The van der Waals surface area contributed by atoms with E-state index in [1.54, 1.807) is 6.33 Å². The number of hydrogen-bond donors (Lipinski definition) is 2. The fourth-order valence-electron chi connectivity index (χ4n) is 2.47. The lowest BCUT2D eigenvalue weighted by molar-refractivity contribution is 0.380. The highest BCUT2D eigenvalue weighted by atomic mass is 15.2. The maximum Gasteiger partial charge on any atom is 0.133 e. The van der Waals surface area contributed by atoms with Gasteiger partial charge in [-0.1, -0.05) is 6.92 Å². The maximum atomic E-state index is 4.37. The molecule has 19 heavy (non-hydrogen) atoms. The molecule has 1 aliphatic heterocycles. The van der Waals surface area contributed by atoms with E-state index in [1.165, 1.54) is 19.4 Å². The molecule has 1 unspecified atom stereocenters. The highest BCUT2D eigenvalue weighted by molar-refractivity contribution is 5.47. The molecule has 106 valence electrons. The summed E-state index contributed by atoms with van der Waals surface area (Å²) in [6, 6.07) is 2.03. The van der Waals surface area contributed by atoms with Crippen molar-refractivity contribution < 1.29 is 0 Å². The predicted octanol–water partition coefficient (Wildman–Crippen LogP) is 1.73. The van der Waals surface area contributed by atoms with Crippen molar-refractivity contribution in [2.45, 2.75) is 26.2 Å². The number of rotatable bonds is 6. The van der Waals surface area contributed by atoms with E-state index in [0.717, 1.165) is 43.6 Å². The average Bonchev–Trinajstić information content (AvgIpc) is 2.46. The highest BCUT2D eigenvalue weighted by Crippen LogP contribution is 2.17. The van der Waals surface area contributed by atoms with Crippen molar-refractivity contribution in [2.24, 2.45) is 5.92 Å². The van der Waals surface area contributed by atoms with Crippen molar-refractivity contribution in [3.8, 4) is 0 Å². The average molecular weight is 263 g/mol. The molecule has 0 radical (unpaired) electrons. The number of aromatic nitrogens is 2. The van der Waals surface area contributed by atoms with Gasteiger partial charge in [0.1, 0.15) is 18.0 Å².